The van der Waals surface area contributed by atoms with Crippen LogP contribution in [0.1, 0.15) is 27.6 Å². The second-order valence-corrected chi connectivity index (χ2v) is 9.37. The Morgan fingerprint density at radius 3 is 1.50 bits per heavy atom. The number of benzene rings is 1. The van der Waals surface area contributed by atoms with Gasteiger partial charge < -0.3 is 35.5 Å². The first kappa shape index (κ1) is 28.0. The van der Waals surface area contributed by atoms with Crippen molar-refractivity contribution in [3.8, 4) is 0 Å². The maximum atomic E-state index is 12.7. The van der Waals surface area contributed by atoms with E-state index in [1.807, 2.05) is 0 Å². The number of aliphatic hydroxyl groups is 6. The Morgan fingerprint density at radius 1 is 0.800 bits per heavy atom. The molecule has 0 aliphatic rings. The van der Waals surface area contributed by atoms with Crippen LogP contribution in [0.3, 0.4) is 0 Å². The van der Waals surface area contributed by atoms with Gasteiger partial charge in [0.05, 0.1) is 49.3 Å². The fourth-order valence-electron chi connectivity index (χ4n) is 2.47. The van der Waals surface area contributed by atoms with Crippen LogP contribution in [-0.4, -0.2) is 92.8 Å². The lowest BCUT2D eigenvalue weighted by atomic mass is 9.98. The lowest BCUT2D eigenvalue weighted by molar-refractivity contribution is -0.117. The van der Waals surface area contributed by atoms with Gasteiger partial charge >= 0.3 is 0 Å². The molecule has 0 aliphatic carbocycles. The predicted octanol–water partition coefficient (Wildman–Crippen LogP) is -0.722. The molecule has 1 aromatic rings. The molecule has 10 nitrogen and oxygen atoms in total. The molecular formula is C17H20I3NO9. The Kier molecular flexibility index (Phi) is 11.5. The zero-order valence-electron chi connectivity index (χ0n) is 15.5. The van der Waals surface area contributed by atoms with Gasteiger partial charge in [-0.05, 0) is 67.8 Å². The third-order valence-corrected chi connectivity index (χ3v) is 7.17. The quantitative estimate of drug-likeness (QED) is 0.133. The minimum atomic E-state index is -1.79. The zero-order valence-corrected chi connectivity index (χ0v) is 22.0. The minimum absolute atomic E-state index is 0.0543. The summed E-state index contributed by atoms with van der Waals surface area (Å²) in [5, 5.41) is 57.1. The first-order valence-electron chi connectivity index (χ1n) is 8.38. The van der Waals surface area contributed by atoms with E-state index >= 15 is 0 Å². The number of hydrogen-bond donors (Lipinski definition) is 6. The van der Waals surface area contributed by atoms with E-state index in [-0.39, 0.29) is 34.1 Å². The van der Waals surface area contributed by atoms with Gasteiger partial charge in [0.25, 0.3) is 0 Å². The second kappa shape index (κ2) is 12.3. The average Bonchev–Trinajstić information content (AvgIpc) is 2.70. The molecule has 0 saturated carbocycles. The predicted molar refractivity (Wildman–Crippen MR) is 131 cm³/mol. The van der Waals surface area contributed by atoms with E-state index in [0.29, 0.717) is 0 Å². The molecule has 0 radical (unpaired) electrons. The number of nitrogens with zero attached hydrogens (tertiary/aromatic N) is 1. The van der Waals surface area contributed by atoms with Crippen molar-refractivity contribution in [3.05, 3.63) is 21.8 Å². The summed E-state index contributed by atoms with van der Waals surface area (Å²) < 4.78 is 0.384. The van der Waals surface area contributed by atoms with Crippen molar-refractivity contribution < 1.29 is 45.0 Å². The summed E-state index contributed by atoms with van der Waals surface area (Å²) in [7, 11) is 0. The molecule has 13 heteroatoms. The van der Waals surface area contributed by atoms with Crippen molar-refractivity contribution in [2.45, 2.75) is 25.2 Å². The number of amides is 1. The normalized spacial score (nSPS) is 14.2. The smallest absolute Gasteiger partial charge is 0.224 e. The van der Waals surface area contributed by atoms with E-state index in [1.54, 1.807) is 67.8 Å². The fourth-order valence-corrected chi connectivity index (χ4v) is 7.28. The number of carbonyl (C=O) groups is 3. The molecule has 1 rings (SSSR count). The average molecular weight is 763 g/mol. The highest BCUT2D eigenvalue weighted by Crippen LogP contribution is 2.39. The molecule has 0 spiro atoms. The van der Waals surface area contributed by atoms with Gasteiger partial charge in [-0.25, -0.2) is 0 Å². The van der Waals surface area contributed by atoms with Crippen molar-refractivity contribution in [1.29, 1.82) is 0 Å². The zero-order chi connectivity index (χ0) is 23.3. The highest BCUT2D eigenvalue weighted by atomic mass is 127. The summed E-state index contributed by atoms with van der Waals surface area (Å²) in [6.07, 6.45) is -4.90. The van der Waals surface area contributed by atoms with Crippen LogP contribution in [0.4, 0.5) is 5.69 Å². The Morgan fingerprint density at radius 2 is 1.20 bits per heavy atom. The summed E-state index contributed by atoms with van der Waals surface area (Å²) in [4.78, 5) is 38.8. The Labute approximate surface area is 212 Å². The van der Waals surface area contributed by atoms with Gasteiger partial charge in [-0.2, -0.15) is 0 Å². The SMILES string of the molecule is CC(=O)N(CC(O)CO)c1c(I)c(C(=O)C(O)CO)c(I)c(C(=O)C(O)CO)c1I. The van der Waals surface area contributed by atoms with E-state index in [2.05, 4.69) is 0 Å². The number of Topliss-reactive ketones (excluding diaryl/α,β-unsaturated/α-hetero) is 2. The van der Waals surface area contributed by atoms with Gasteiger partial charge in [0.15, 0.2) is 11.6 Å². The van der Waals surface area contributed by atoms with Gasteiger partial charge in [-0.1, -0.05) is 0 Å². The first-order valence-corrected chi connectivity index (χ1v) is 11.6. The molecule has 168 valence electrons. The third-order valence-electron chi connectivity index (χ3n) is 3.99. The lowest BCUT2D eigenvalue weighted by Crippen LogP contribution is -2.40. The summed E-state index contributed by atoms with van der Waals surface area (Å²) in [6, 6.07) is 0. The van der Waals surface area contributed by atoms with Gasteiger partial charge in [-0.15, -0.1) is 0 Å². The van der Waals surface area contributed by atoms with E-state index in [0.717, 1.165) is 4.90 Å². The van der Waals surface area contributed by atoms with Crippen LogP contribution >= 0.6 is 67.8 Å². The molecule has 0 aliphatic heterocycles. The Hall–Kier alpha value is -0.0200. The van der Waals surface area contributed by atoms with Gasteiger partial charge in [0, 0.05) is 17.6 Å². The largest absolute Gasteiger partial charge is 0.394 e. The number of aliphatic hydroxyl groups excluding tert-OH is 6. The molecular weight excluding hydrogens is 743 g/mol. The van der Waals surface area contributed by atoms with Crippen LogP contribution in [-0.2, 0) is 4.79 Å². The minimum Gasteiger partial charge on any atom is -0.394 e. The number of halogens is 3. The van der Waals surface area contributed by atoms with E-state index in [4.69, 9.17) is 5.11 Å². The number of ketones is 2. The fraction of sp³-hybridized carbons (Fsp3) is 0.471. The second-order valence-electron chi connectivity index (χ2n) is 6.13. The number of anilines is 1. The van der Waals surface area contributed by atoms with Gasteiger partial charge in [0.2, 0.25) is 5.91 Å². The molecule has 1 amide bonds. The van der Waals surface area contributed by atoms with Crippen molar-refractivity contribution in [2.24, 2.45) is 0 Å². The highest BCUT2D eigenvalue weighted by molar-refractivity contribution is 14.1. The van der Waals surface area contributed by atoms with Gasteiger partial charge in [-0.3, -0.25) is 14.4 Å². The van der Waals surface area contributed by atoms with Gasteiger partial charge in [0.1, 0.15) is 12.2 Å². The van der Waals surface area contributed by atoms with E-state index < -0.39 is 55.6 Å². The topological polar surface area (TPSA) is 176 Å². The van der Waals surface area contributed by atoms with Crippen LogP contribution in [0.5, 0.6) is 0 Å². The molecule has 0 fully saturated rings. The standard InChI is InChI=1S/C17H20I3NO9/c1-6(25)21(2-7(26)3-22)15-13(19)10(16(29)8(27)4-23)12(18)11(14(15)20)17(30)9(28)5-24/h7-9,22-24,26-28H,2-5H2,1H3. The monoisotopic (exact) mass is 763 g/mol. The molecule has 0 heterocycles. The van der Waals surface area contributed by atoms with E-state index in [9.17, 15) is 39.9 Å². The van der Waals surface area contributed by atoms with Crippen LogP contribution in [0.15, 0.2) is 0 Å². The summed E-state index contributed by atoms with van der Waals surface area (Å²) in [5.41, 5.74) is -0.267. The Balaban J connectivity index is 3.98. The van der Waals surface area contributed by atoms with Crippen molar-refractivity contribution in [1.82, 2.24) is 0 Å². The summed E-state index contributed by atoms with van der Waals surface area (Å²) in [5.74, 6) is -2.40. The van der Waals surface area contributed by atoms with Crippen molar-refractivity contribution in [3.63, 3.8) is 0 Å². The van der Waals surface area contributed by atoms with Crippen LogP contribution < -0.4 is 4.90 Å². The molecule has 0 saturated heterocycles. The highest BCUT2D eigenvalue weighted by Gasteiger charge is 2.34. The summed E-state index contributed by atoms with van der Waals surface area (Å²) >= 11 is 5.18. The van der Waals surface area contributed by atoms with Crippen LogP contribution in [0, 0.1) is 10.7 Å². The Bertz CT molecular complexity index is 784. The molecule has 0 aromatic heterocycles. The molecule has 30 heavy (non-hydrogen) atoms. The molecule has 0 bridgehead atoms. The lowest BCUT2D eigenvalue weighted by Gasteiger charge is -2.29. The number of carbonyl (C=O) groups excluding carboxylic acids is 3. The van der Waals surface area contributed by atoms with Crippen molar-refractivity contribution >= 4 is 90.9 Å². The number of rotatable bonds is 10. The van der Waals surface area contributed by atoms with Crippen molar-refractivity contribution in [2.75, 3.05) is 31.3 Å². The third kappa shape index (κ3) is 6.06. The molecule has 3 atom stereocenters. The molecule has 1 aromatic carbocycles. The molecule has 6 N–H and O–H groups in total. The molecule has 3 unspecified atom stereocenters. The van der Waals surface area contributed by atoms with Crippen LogP contribution in [0.2, 0.25) is 0 Å². The number of hydrogen-bond acceptors (Lipinski definition) is 9. The maximum absolute atomic E-state index is 12.7. The maximum Gasteiger partial charge on any atom is 0.224 e. The van der Waals surface area contributed by atoms with Crippen LogP contribution in [0.25, 0.3) is 0 Å². The summed E-state index contributed by atoms with van der Waals surface area (Å²) in [6.45, 7) is -1.58. The van der Waals surface area contributed by atoms with E-state index in [1.165, 1.54) is 6.92 Å². The first-order chi connectivity index (χ1) is 13.9.